The van der Waals surface area contributed by atoms with Crippen LogP contribution in [0.3, 0.4) is 0 Å². The predicted molar refractivity (Wildman–Crippen MR) is 438 cm³/mol. The molecule has 0 N–H and O–H groups in total. The molecular formula is C99H90Ir3N6-6. The zero-order chi connectivity index (χ0) is 74.0. The fraction of sp³-hybridized carbons (Fsp3) is 0.152. The molecule has 108 heavy (non-hydrogen) atoms. The molecule has 15 aromatic rings. The van der Waals surface area contributed by atoms with E-state index in [9.17, 15) is 0 Å². The minimum atomic E-state index is 0. The van der Waals surface area contributed by atoms with Crippen molar-refractivity contribution in [2.45, 2.75) is 99.3 Å². The van der Waals surface area contributed by atoms with Crippen molar-refractivity contribution in [2.24, 2.45) is 0 Å². The minimum Gasteiger partial charge on any atom is -0.305 e. The molecule has 0 fully saturated rings. The van der Waals surface area contributed by atoms with E-state index in [1.807, 2.05) is 170 Å². The third-order valence-electron chi connectivity index (χ3n) is 17.3. The Hall–Kier alpha value is -10.2. The average molecular weight is 1940 g/mol. The Bertz CT molecular complexity index is 4780. The van der Waals surface area contributed by atoms with E-state index in [0.717, 1.165) is 67.5 Å². The molecule has 9 heteroatoms. The topological polar surface area (TPSA) is 77.3 Å². The monoisotopic (exact) mass is 1940 g/mol. The molecule has 0 saturated heterocycles. The summed E-state index contributed by atoms with van der Waals surface area (Å²) in [4.78, 5) is 26.8. The zero-order valence-corrected chi connectivity index (χ0v) is 70.5. The van der Waals surface area contributed by atoms with Crippen LogP contribution in [0.15, 0.2) is 328 Å². The van der Waals surface area contributed by atoms with Crippen LogP contribution in [0, 0.1) is 57.2 Å². The molecule has 549 valence electrons. The van der Waals surface area contributed by atoms with Crippen molar-refractivity contribution in [3.63, 3.8) is 0 Å². The van der Waals surface area contributed by atoms with Crippen molar-refractivity contribution < 1.29 is 60.3 Å². The van der Waals surface area contributed by atoms with Crippen molar-refractivity contribution in [1.29, 1.82) is 0 Å². The smallest absolute Gasteiger partial charge is 0.0242 e. The summed E-state index contributed by atoms with van der Waals surface area (Å²) in [6.07, 6.45) is 11.4. The van der Waals surface area contributed by atoms with Gasteiger partial charge in [-0.15, -0.1) is 213 Å². The number of pyridine rings is 6. The zero-order valence-electron chi connectivity index (χ0n) is 63.4. The molecule has 0 atom stereocenters. The first-order valence-electron chi connectivity index (χ1n) is 35.5. The molecule has 0 amide bonds. The van der Waals surface area contributed by atoms with Crippen molar-refractivity contribution in [1.82, 2.24) is 29.9 Å². The summed E-state index contributed by atoms with van der Waals surface area (Å²) in [7, 11) is 0. The van der Waals surface area contributed by atoms with Crippen LogP contribution < -0.4 is 0 Å². The van der Waals surface area contributed by atoms with Gasteiger partial charge in [-0.3, -0.25) is 0 Å². The van der Waals surface area contributed by atoms with E-state index in [1.165, 1.54) is 66.8 Å². The van der Waals surface area contributed by atoms with E-state index in [2.05, 4.69) is 289 Å². The number of nitrogens with zero attached hydrogens (tertiary/aromatic N) is 6. The van der Waals surface area contributed by atoms with E-state index < -0.39 is 0 Å². The second-order valence-electron chi connectivity index (χ2n) is 28.4. The summed E-state index contributed by atoms with van der Waals surface area (Å²) in [5.41, 5.74) is 27.2. The first-order valence-corrected chi connectivity index (χ1v) is 35.5. The fourth-order valence-corrected chi connectivity index (χ4v) is 11.6. The van der Waals surface area contributed by atoms with Crippen LogP contribution in [0.4, 0.5) is 0 Å². The van der Waals surface area contributed by atoms with Gasteiger partial charge in [0.1, 0.15) is 0 Å². The van der Waals surface area contributed by atoms with Gasteiger partial charge in [-0.1, -0.05) is 235 Å². The summed E-state index contributed by atoms with van der Waals surface area (Å²) >= 11 is 0. The van der Waals surface area contributed by atoms with E-state index in [4.69, 9.17) is 0 Å². The Balaban J connectivity index is 0.000000182. The third-order valence-corrected chi connectivity index (χ3v) is 17.3. The summed E-state index contributed by atoms with van der Waals surface area (Å²) in [5, 5.41) is 0. The number of rotatable bonds is 9. The molecule has 6 aromatic heterocycles. The molecule has 6 nitrogen and oxygen atoms in total. The van der Waals surface area contributed by atoms with E-state index >= 15 is 0 Å². The van der Waals surface area contributed by atoms with Crippen LogP contribution in [0.2, 0.25) is 0 Å². The molecule has 0 bridgehead atoms. The van der Waals surface area contributed by atoms with E-state index in [1.54, 1.807) is 18.6 Å². The van der Waals surface area contributed by atoms with Crippen LogP contribution >= 0.6 is 0 Å². The number of benzene rings is 9. The van der Waals surface area contributed by atoms with Gasteiger partial charge in [-0.2, -0.15) is 0 Å². The molecule has 0 aliphatic rings. The van der Waals surface area contributed by atoms with Crippen molar-refractivity contribution in [2.75, 3.05) is 0 Å². The largest absolute Gasteiger partial charge is 0.305 e. The Morgan fingerprint density at radius 2 is 0.593 bits per heavy atom. The van der Waals surface area contributed by atoms with Gasteiger partial charge in [0.25, 0.3) is 0 Å². The maximum absolute atomic E-state index is 4.67. The van der Waals surface area contributed by atoms with Gasteiger partial charge >= 0.3 is 0 Å². The predicted octanol–water partition coefficient (Wildman–Crippen LogP) is 25.1. The summed E-state index contributed by atoms with van der Waals surface area (Å²) < 4.78 is 0. The normalized spacial score (nSPS) is 10.6. The minimum absolute atomic E-state index is 0. The van der Waals surface area contributed by atoms with E-state index in [-0.39, 0.29) is 76.6 Å². The second-order valence-corrected chi connectivity index (χ2v) is 28.4. The van der Waals surface area contributed by atoms with Gasteiger partial charge in [0.2, 0.25) is 0 Å². The van der Waals surface area contributed by atoms with E-state index in [0.29, 0.717) is 0 Å². The summed E-state index contributed by atoms with van der Waals surface area (Å²) in [6.45, 7) is 26.3. The molecule has 9 aromatic carbocycles. The summed E-state index contributed by atoms with van der Waals surface area (Å²) in [6, 6.07) is 117. The number of aromatic nitrogens is 6. The number of hydrogen-bond donors (Lipinski definition) is 0. The Morgan fingerprint density at radius 3 is 0.917 bits per heavy atom. The van der Waals surface area contributed by atoms with Gasteiger partial charge in [0, 0.05) is 109 Å². The first kappa shape index (κ1) is 85.1. The Labute approximate surface area is 682 Å². The Morgan fingerprint density at radius 1 is 0.241 bits per heavy atom. The maximum atomic E-state index is 4.67. The fourth-order valence-electron chi connectivity index (χ4n) is 11.6. The summed E-state index contributed by atoms with van der Waals surface area (Å²) in [5.74, 6) is 0. The van der Waals surface area contributed by atoms with Crippen LogP contribution in [-0.4, -0.2) is 29.9 Å². The van der Waals surface area contributed by atoms with Crippen molar-refractivity contribution >= 4 is 0 Å². The van der Waals surface area contributed by atoms with Gasteiger partial charge < -0.3 is 29.9 Å². The van der Waals surface area contributed by atoms with Crippen molar-refractivity contribution in [3.8, 4) is 101 Å². The number of hydrogen-bond acceptors (Lipinski definition) is 6. The van der Waals surface area contributed by atoms with Gasteiger partial charge in [0.15, 0.2) is 0 Å². The molecule has 0 spiro atoms. The quantitative estimate of drug-likeness (QED) is 0.134. The van der Waals surface area contributed by atoms with Crippen LogP contribution in [-0.2, 0) is 76.6 Å². The molecule has 0 saturated carbocycles. The molecule has 0 unspecified atom stereocenters. The molecule has 0 aliphatic carbocycles. The third kappa shape index (κ3) is 24.7. The van der Waals surface area contributed by atoms with Gasteiger partial charge in [-0.25, -0.2) is 0 Å². The SMILES string of the molecule is CC(C)(C)c1cc(-c2[c-]cccc2)ncc1-c1ccccc1.CC(C)(C)c1cc(-c2[c-]cccc2)ncc1-c1ccccc1.CC(C)(C)c1ccc(-c2[c-]ccc(-c3ccccc3)c2)nc1.Cc1ccc[c-]c1-c1ccccn1.Cc1ccc[c-]c1-c1ccccn1.Cc1ccc[c-]c1-c1ccccn1.[Ir].[Ir].[Ir]. The van der Waals surface area contributed by atoms with Crippen molar-refractivity contribution in [3.05, 3.63) is 398 Å². The van der Waals surface area contributed by atoms with Crippen LogP contribution in [0.25, 0.3) is 101 Å². The molecule has 15 rings (SSSR count). The number of aryl methyl sites for hydroxylation is 3. The maximum Gasteiger partial charge on any atom is 0.0242 e. The molecule has 3 radical (unpaired) electrons. The van der Waals surface area contributed by atoms with Crippen LogP contribution in [0.5, 0.6) is 0 Å². The standard InChI is InChI=1S/3C21H20N.3C12H10N.3Ir/c2*1-21(2,3)19-14-20(17-12-8-5-9-13-17)22-15-18(19)16-10-6-4-7-11-16;1-21(2,3)19-12-13-20(22-15-19)18-11-7-10-17(14-18)16-8-5-4-6-9-16;3*1-10-6-2-3-7-11(10)12-8-4-5-9-13-12;;;/h2*4-12,14-15H,1-3H3;4-10,12-15H,1-3H3;3*2-6,8-9H,1H3;;;/q6*-1;;;. The van der Waals surface area contributed by atoms with Crippen LogP contribution in [0.1, 0.15) is 95.7 Å². The molecule has 6 heterocycles. The molecular weight excluding hydrogens is 1850 g/mol. The second kappa shape index (κ2) is 41.8. The Kier molecular flexibility index (Phi) is 32.9. The van der Waals surface area contributed by atoms with Gasteiger partial charge in [-0.05, 0) is 102 Å². The van der Waals surface area contributed by atoms with Gasteiger partial charge in [0.05, 0.1) is 0 Å². The molecule has 0 aliphatic heterocycles. The first-order chi connectivity index (χ1) is 50.8. The average Bonchev–Trinajstić information content (AvgIpc) is 0.794.